The lowest BCUT2D eigenvalue weighted by Gasteiger charge is -2.04. The van der Waals surface area contributed by atoms with Crippen molar-refractivity contribution in [3.05, 3.63) is 27.7 Å². The van der Waals surface area contributed by atoms with Crippen molar-refractivity contribution in [3.63, 3.8) is 0 Å². The minimum atomic E-state index is -1.10. The van der Waals surface area contributed by atoms with E-state index in [2.05, 4.69) is 15.9 Å². The fraction of sp³-hybridized carbons (Fsp3) is 0.125. The van der Waals surface area contributed by atoms with Crippen molar-refractivity contribution in [2.24, 2.45) is 0 Å². The summed E-state index contributed by atoms with van der Waals surface area (Å²) in [5.41, 5.74) is 0.209. The zero-order chi connectivity index (χ0) is 10.0. The van der Waals surface area contributed by atoms with E-state index in [0.29, 0.717) is 0 Å². The number of aliphatic hydroxyl groups excluding tert-OH is 1. The van der Waals surface area contributed by atoms with Gasteiger partial charge in [-0.15, -0.1) is 0 Å². The van der Waals surface area contributed by atoms with Gasteiger partial charge in [-0.3, -0.25) is 0 Å². The number of phenols is 1. The van der Waals surface area contributed by atoms with Gasteiger partial charge in [0.15, 0.2) is 0 Å². The Morgan fingerprint density at radius 3 is 2.54 bits per heavy atom. The lowest BCUT2D eigenvalue weighted by atomic mass is 10.1. The molecule has 1 aromatic carbocycles. The van der Waals surface area contributed by atoms with Gasteiger partial charge in [0.2, 0.25) is 0 Å². The molecule has 0 saturated carbocycles. The summed E-state index contributed by atoms with van der Waals surface area (Å²) in [7, 11) is 0. The first-order chi connectivity index (χ1) is 6.06. The van der Waals surface area contributed by atoms with E-state index in [0.717, 1.165) is 0 Å². The summed E-state index contributed by atoms with van der Waals surface area (Å²) < 4.78 is 0.261. The molecule has 0 atom stereocenters. The van der Waals surface area contributed by atoms with Crippen LogP contribution in [0.4, 0.5) is 0 Å². The van der Waals surface area contributed by atoms with Gasteiger partial charge >= 0.3 is 5.97 Å². The number of hydrogen-bond acceptors (Lipinski definition) is 3. The molecular formula is C8H7BrO4. The van der Waals surface area contributed by atoms with Gasteiger partial charge in [0, 0.05) is 5.56 Å². The summed E-state index contributed by atoms with van der Waals surface area (Å²) in [5, 5.41) is 26.7. The maximum atomic E-state index is 10.5. The number of carboxylic acid groups (broad SMARTS) is 1. The van der Waals surface area contributed by atoms with Gasteiger partial charge in [-0.2, -0.15) is 0 Å². The summed E-state index contributed by atoms with van der Waals surface area (Å²) in [6, 6.07) is 2.50. The molecule has 1 aromatic rings. The molecule has 1 rings (SSSR count). The molecule has 0 spiro atoms. The van der Waals surface area contributed by atoms with Crippen LogP contribution in [-0.2, 0) is 6.61 Å². The van der Waals surface area contributed by atoms with Gasteiger partial charge in [0.1, 0.15) is 5.75 Å². The van der Waals surface area contributed by atoms with Crippen LogP contribution in [0.1, 0.15) is 15.9 Å². The summed E-state index contributed by atoms with van der Waals surface area (Å²) in [5.74, 6) is -1.23. The second-order valence-electron chi connectivity index (χ2n) is 2.43. The number of rotatable bonds is 2. The molecule has 0 fully saturated rings. The van der Waals surface area contributed by atoms with Crippen LogP contribution < -0.4 is 0 Å². The van der Waals surface area contributed by atoms with Crippen LogP contribution in [0, 0.1) is 0 Å². The summed E-state index contributed by atoms with van der Waals surface area (Å²) in [4.78, 5) is 10.5. The Kier molecular flexibility index (Phi) is 2.90. The van der Waals surface area contributed by atoms with E-state index in [1.807, 2.05) is 0 Å². The molecule has 13 heavy (non-hydrogen) atoms. The third-order valence-electron chi connectivity index (χ3n) is 1.56. The first-order valence-corrected chi connectivity index (χ1v) is 4.21. The largest absolute Gasteiger partial charge is 0.506 e. The molecule has 3 N–H and O–H groups in total. The molecule has 0 unspecified atom stereocenters. The molecule has 5 heteroatoms. The topological polar surface area (TPSA) is 77.8 Å². The SMILES string of the molecule is O=C(O)c1cc(Br)c(O)c(CO)c1. The van der Waals surface area contributed by atoms with Gasteiger partial charge in [-0.25, -0.2) is 4.79 Å². The third-order valence-corrected chi connectivity index (χ3v) is 2.16. The Morgan fingerprint density at radius 2 is 2.08 bits per heavy atom. The van der Waals surface area contributed by atoms with Gasteiger partial charge in [0.25, 0.3) is 0 Å². The fourth-order valence-corrected chi connectivity index (χ4v) is 1.40. The Bertz CT molecular complexity index is 348. The van der Waals surface area contributed by atoms with Crippen LogP contribution in [0.25, 0.3) is 0 Å². The molecule has 0 heterocycles. The van der Waals surface area contributed by atoms with E-state index in [-0.39, 0.29) is 21.3 Å². The number of carbonyl (C=O) groups is 1. The lowest BCUT2D eigenvalue weighted by molar-refractivity contribution is 0.0696. The van der Waals surface area contributed by atoms with Crippen LogP contribution in [-0.4, -0.2) is 21.3 Å². The van der Waals surface area contributed by atoms with E-state index < -0.39 is 12.6 Å². The second kappa shape index (κ2) is 3.76. The first kappa shape index (κ1) is 10.0. The smallest absolute Gasteiger partial charge is 0.335 e. The zero-order valence-corrected chi connectivity index (χ0v) is 8.08. The molecule has 4 nitrogen and oxygen atoms in total. The molecule has 0 saturated heterocycles. The van der Waals surface area contributed by atoms with Crippen molar-refractivity contribution in [2.75, 3.05) is 0 Å². The summed E-state index contributed by atoms with van der Waals surface area (Å²) in [6.07, 6.45) is 0. The standard InChI is InChI=1S/C8H7BrO4/c9-6-2-4(8(12)13)1-5(3-10)7(6)11/h1-2,10-11H,3H2,(H,12,13). The number of aromatic carboxylic acids is 1. The Hall–Kier alpha value is -1.07. The number of hydrogen-bond donors (Lipinski definition) is 3. The van der Waals surface area contributed by atoms with Crippen molar-refractivity contribution in [1.82, 2.24) is 0 Å². The third kappa shape index (κ3) is 1.99. The zero-order valence-electron chi connectivity index (χ0n) is 6.49. The second-order valence-corrected chi connectivity index (χ2v) is 3.28. The quantitative estimate of drug-likeness (QED) is 0.736. The molecule has 0 radical (unpaired) electrons. The minimum Gasteiger partial charge on any atom is -0.506 e. The number of carboxylic acids is 1. The van der Waals surface area contributed by atoms with Gasteiger partial charge in [-0.05, 0) is 28.1 Å². The first-order valence-electron chi connectivity index (χ1n) is 3.41. The molecule has 0 aromatic heterocycles. The van der Waals surface area contributed by atoms with Gasteiger partial charge < -0.3 is 15.3 Å². The highest BCUT2D eigenvalue weighted by molar-refractivity contribution is 9.10. The van der Waals surface area contributed by atoms with E-state index in [1.54, 1.807) is 0 Å². The number of benzene rings is 1. The van der Waals surface area contributed by atoms with Crippen molar-refractivity contribution in [3.8, 4) is 5.75 Å². The van der Waals surface area contributed by atoms with Crippen LogP contribution in [0.5, 0.6) is 5.75 Å². The molecular weight excluding hydrogens is 240 g/mol. The highest BCUT2D eigenvalue weighted by Crippen LogP contribution is 2.29. The van der Waals surface area contributed by atoms with Crippen LogP contribution in [0.15, 0.2) is 16.6 Å². The average Bonchev–Trinajstić information content (AvgIpc) is 2.09. The summed E-state index contributed by atoms with van der Waals surface area (Å²) >= 11 is 2.98. The summed E-state index contributed by atoms with van der Waals surface area (Å²) in [6.45, 7) is -0.397. The molecule has 0 aliphatic heterocycles. The van der Waals surface area contributed by atoms with E-state index in [1.165, 1.54) is 12.1 Å². The molecule has 0 aliphatic rings. The highest BCUT2D eigenvalue weighted by atomic mass is 79.9. The highest BCUT2D eigenvalue weighted by Gasteiger charge is 2.11. The normalized spacial score (nSPS) is 10.0. The van der Waals surface area contributed by atoms with Crippen LogP contribution in [0.3, 0.4) is 0 Å². The lowest BCUT2D eigenvalue weighted by Crippen LogP contribution is -1.98. The van der Waals surface area contributed by atoms with Gasteiger partial charge in [0.05, 0.1) is 16.6 Å². The number of halogens is 1. The Morgan fingerprint density at radius 1 is 1.46 bits per heavy atom. The predicted octanol–water partition coefficient (Wildman–Crippen LogP) is 1.35. The Balaban J connectivity index is 3.30. The molecule has 0 aliphatic carbocycles. The fourth-order valence-electron chi connectivity index (χ4n) is 0.900. The minimum absolute atomic E-state index is 0.0220. The maximum Gasteiger partial charge on any atom is 0.335 e. The molecule has 0 bridgehead atoms. The van der Waals surface area contributed by atoms with Crippen LogP contribution in [0.2, 0.25) is 0 Å². The number of aliphatic hydroxyl groups is 1. The predicted molar refractivity (Wildman–Crippen MR) is 48.7 cm³/mol. The number of aromatic hydroxyl groups is 1. The van der Waals surface area contributed by atoms with Crippen molar-refractivity contribution < 1.29 is 20.1 Å². The van der Waals surface area contributed by atoms with E-state index in [9.17, 15) is 9.90 Å². The van der Waals surface area contributed by atoms with Gasteiger partial charge in [-0.1, -0.05) is 0 Å². The van der Waals surface area contributed by atoms with Crippen molar-refractivity contribution in [2.45, 2.75) is 6.61 Å². The van der Waals surface area contributed by atoms with Crippen LogP contribution >= 0.6 is 15.9 Å². The maximum absolute atomic E-state index is 10.5. The van der Waals surface area contributed by atoms with E-state index >= 15 is 0 Å². The van der Waals surface area contributed by atoms with Crippen molar-refractivity contribution >= 4 is 21.9 Å². The monoisotopic (exact) mass is 246 g/mol. The molecule has 70 valence electrons. The molecule has 0 amide bonds. The van der Waals surface area contributed by atoms with E-state index in [4.69, 9.17) is 10.2 Å². The Labute approximate surface area is 82.6 Å². The average molecular weight is 247 g/mol. The van der Waals surface area contributed by atoms with Crippen molar-refractivity contribution in [1.29, 1.82) is 0 Å².